The average Bonchev–Trinajstić information content (AvgIpc) is 2.78. The molecule has 0 aromatic carbocycles. The van der Waals surface area contributed by atoms with E-state index in [4.69, 9.17) is 14.5 Å². The zero-order valence-corrected chi connectivity index (χ0v) is 20.2. The molecular weight excluding hydrogens is 396 g/mol. The van der Waals surface area contributed by atoms with Crippen LogP contribution in [0.15, 0.2) is 4.99 Å². The van der Waals surface area contributed by atoms with Crippen LogP contribution in [-0.2, 0) is 9.47 Å². The molecule has 0 amide bonds. The normalized spacial score (nSPS) is 25.1. The molecule has 2 aliphatic heterocycles. The van der Waals surface area contributed by atoms with Crippen molar-refractivity contribution in [1.82, 2.24) is 15.5 Å². The number of hydrogen-bond acceptors (Lipinski definition) is 5. The van der Waals surface area contributed by atoms with Gasteiger partial charge in [0, 0.05) is 62.6 Å². The fraction of sp³-hybridized carbons (Fsp3) is 0.957. The van der Waals surface area contributed by atoms with Crippen LogP contribution < -0.4 is 10.6 Å². The van der Waals surface area contributed by atoms with Gasteiger partial charge in [-0.05, 0) is 38.4 Å². The maximum Gasteiger partial charge on any atom is 0.191 e. The molecule has 3 aliphatic rings. The van der Waals surface area contributed by atoms with Crippen LogP contribution in [0, 0.1) is 5.41 Å². The largest absolute Gasteiger partial charge is 0.381 e. The van der Waals surface area contributed by atoms with Crippen molar-refractivity contribution in [1.29, 1.82) is 0 Å². The fourth-order valence-electron chi connectivity index (χ4n) is 5.16. The number of hydrogen-bond donors (Lipinski definition) is 2. The number of nitrogens with zero attached hydrogens (tertiary/aromatic N) is 2. The maximum atomic E-state index is 5.64. The molecule has 0 radical (unpaired) electrons. The first-order valence-corrected chi connectivity index (χ1v) is 13.2. The minimum absolute atomic E-state index is 0.277. The highest BCUT2D eigenvalue weighted by Crippen LogP contribution is 2.38. The lowest BCUT2D eigenvalue weighted by molar-refractivity contribution is 0.00937. The third-order valence-corrected chi connectivity index (χ3v) is 8.38. The SMILES string of the molecule is CCNC(=NCC1(CN2CCOCC2)CCCCC1)NCC1(SCC)CCOCC1. The van der Waals surface area contributed by atoms with E-state index >= 15 is 0 Å². The van der Waals surface area contributed by atoms with Crippen molar-refractivity contribution in [3.05, 3.63) is 0 Å². The molecule has 0 bridgehead atoms. The molecule has 2 saturated heterocycles. The summed E-state index contributed by atoms with van der Waals surface area (Å²) >= 11 is 2.08. The van der Waals surface area contributed by atoms with Gasteiger partial charge >= 0.3 is 0 Å². The van der Waals surface area contributed by atoms with Crippen molar-refractivity contribution >= 4 is 17.7 Å². The van der Waals surface area contributed by atoms with Crippen molar-refractivity contribution in [3.63, 3.8) is 0 Å². The van der Waals surface area contributed by atoms with Gasteiger partial charge in [-0.3, -0.25) is 9.89 Å². The highest BCUT2D eigenvalue weighted by molar-refractivity contribution is 8.00. The van der Waals surface area contributed by atoms with E-state index in [-0.39, 0.29) is 4.75 Å². The molecule has 6 nitrogen and oxygen atoms in total. The Morgan fingerprint density at radius 3 is 2.30 bits per heavy atom. The van der Waals surface area contributed by atoms with Crippen molar-refractivity contribution in [2.45, 2.75) is 63.5 Å². The first kappa shape index (κ1) is 24.1. The fourth-order valence-corrected chi connectivity index (χ4v) is 6.40. The summed E-state index contributed by atoms with van der Waals surface area (Å²) in [5, 5.41) is 7.21. The lowest BCUT2D eigenvalue weighted by Gasteiger charge is -2.41. The Balaban J connectivity index is 1.62. The Morgan fingerprint density at radius 2 is 1.63 bits per heavy atom. The van der Waals surface area contributed by atoms with E-state index in [0.717, 1.165) is 83.7 Å². The van der Waals surface area contributed by atoms with Gasteiger partial charge in [0.05, 0.1) is 13.2 Å². The standard InChI is InChI=1S/C23H44N4O2S/c1-3-24-21(26-19-23(30-4-2)10-14-28-15-11-23)25-18-22(8-6-5-7-9-22)20-27-12-16-29-17-13-27/h3-20H2,1-2H3,(H2,24,25,26). The van der Waals surface area contributed by atoms with E-state index in [1.165, 1.54) is 38.6 Å². The summed E-state index contributed by atoms with van der Waals surface area (Å²) in [6, 6.07) is 0. The van der Waals surface area contributed by atoms with Crippen LogP contribution in [0.2, 0.25) is 0 Å². The molecule has 1 aliphatic carbocycles. The topological polar surface area (TPSA) is 58.1 Å². The zero-order chi connectivity index (χ0) is 21.1. The highest BCUT2D eigenvalue weighted by Gasteiger charge is 2.35. The number of nitrogens with one attached hydrogen (secondary N) is 2. The molecule has 2 N–H and O–H groups in total. The van der Waals surface area contributed by atoms with Crippen LogP contribution in [0.4, 0.5) is 0 Å². The Bertz CT molecular complexity index is 508. The summed E-state index contributed by atoms with van der Waals surface area (Å²) in [6.07, 6.45) is 8.93. The number of rotatable bonds is 9. The van der Waals surface area contributed by atoms with Gasteiger partial charge < -0.3 is 20.1 Å². The summed E-state index contributed by atoms with van der Waals surface area (Å²) < 4.78 is 11.5. The van der Waals surface area contributed by atoms with E-state index in [1.54, 1.807) is 0 Å². The van der Waals surface area contributed by atoms with Crippen LogP contribution in [0.3, 0.4) is 0 Å². The molecule has 3 fully saturated rings. The number of morpholine rings is 1. The van der Waals surface area contributed by atoms with Crippen LogP contribution >= 0.6 is 11.8 Å². The van der Waals surface area contributed by atoms with Crippen LogP contribution in [0.25, 0.3) is 0 Å². The molecule has 0 aromatic rings. The second-order valence-electron chi connectivity index (χ2n) is 9.23. The second-order valence-corrected chi connectivity index (χ2v) is 11.0. The minimum atomic E-state index is 0.277. The van der Waals surface area contributed by atoms with Crippen molar-refractivity contribution in [2.24, 2.45) is 10.4 Å². The lowest BCUT2D eigenvalue weighted by atomic mass is 9.73. The third kappa shape index (κ3) is 7.28. The van der Waals surface area contributed by atoms with E-state index < -0.39 is 0 Å². The molecule has 0 unspecified atom stereocenters. The molecular formula is C23H44N4O2S. The van der Waals surface area contributed by atoms with Crippen LogP contribution in [0.5, 0.6) is 0 Å². The third-order valence-electron chi connectivity index (χ3n) is 6.93. The summed E-state index contributed by atoms with van der Waals surface area (Å²) in [5.74, 6) is 2.14. The van der Waals surface area contributed by atoms with Crippen molar-refractivity contribution in [3.8, 4) is 0 Å². The molecule has 2 heterocycles. The Morgan fingerprint density at radius 1 is 0.933 bits per heavy atom. The lowest BCUT2D eigenvalue weighted by Crippen LogP contribution is -2.49. The summed E-state index contributed by atoms with van der Waals surface area (Å²) in [7, 11) is 0. The number of ether oxygens (including phenoxy) is 2. The van der Waals surface area contributed by atoms with E-state index in [0.29, 0.717) is 5.41 Å². The van der Waals surface area contributed by atoms with E-state index in [9.17, 15) is 0 Å². The van der Waals surface area contributed by atoms with Gasteiger partial charge in [0.25, 0.3) is 0 Å². The first-order chi connectivity index (χ1) is 14.7. The Kier molecular flexibility index (Phi) is 10.1. The molecule has 0 atom stereocenters. The van der Waals surface area contributed by atoms with Gasteiger partial charge in [-0.1, -0.05) is 26.2 Å². The minimum Gasteiger partial charge on any atom is -0.381 e. The molecule has 0 spiro atoms. The van der Waals surface area contributed by atoms with Crippen LogP contribution in [-0.4, -0.2) is 87.1 Å². The Hall–Kier alpha value is -0.500. The van der Waals surface area contributed by atoms with Gasteiger partial charge in [-0.25, -0.2) is 0 Å². The predicted octanol–water partition coefficient (Wildman–Crippen LogP) is 3.13. The molecule has 174 valence electrons. The van der Waals surface area contributed by atoms with Gasteiger partial charge in [-0.2, -0.15) is 11.8 Å². The molecule has 0 aromatic heterocycles. The predicted molar refractivity (Wildman–Crippen MR) is 128 cm³/mol. The summed E-state index contributed by atoms with van der Waals surface area (Å²) in [6.45, 7) is 14.1. The molecule has 1 saturated carbocycles. The van der Waals surface area contributed by atoms with Gasteiger partial charge in [-0.15, -0.1) is 0 Å². The summed E-state index contributed by atoms with van der Waals surface area (Å²) in [4.78, 5) is 7.76. The van der Waals surface area contributed by atoms with Gasteiger partial charge in [0.1, 0.15) is 0 Å². The Labute approximate surface area is 188 Å². The molecule has 7 heteroatoms. The quantitative estimate of drug-likeness (QED) is 0.424. The van der Waals surface area contributed by atoms with Crippen LogP contribution in [0.1, 0.15) is 58.8 Å². The highest BCUT2D eigenvalue weighted by atomic mass is 32.2. The molecule has 30 heavy (non-hydrogen) atoms. The van der Waals surface area contributed by atoms with E-state index in [2.05, 4.69) is 41.1 Å². The van der Waals surface area contributed by atoms with Crippen molar-refractivity contribution < 1.29 is 9.47 Å². The smallest absolute Gasteiger partial charge is 0.191 e. The zero-order valence-electron chi connectivity index (χ0n) is 19.3. The van der Waals surface area contributed by atoms with Gasteiger partial charge in [0.15, 0.2) is 5.96 Å². The van der Waals surface area contributed by atoms with E-state index in [1.807, 2.05) is 0 Å². The number of aliphatic imine (C=N–C) groups is 1. The molecule has 3 rings (SSSR count). The average molecular weight is 441 g/mol. The second kappa shape index (κ2) is 12.5. The number of guanidine groups is 1. The summed E-state index contributed by atoms with van der Waals surface area (Å²) in [5.41, 5.74) is 0.326. The first-order valence-electron chi connectivity index (χ1n) is 12.2. The number of thioether (sulfide) groups is 1. The maximum absolute atomic E-state index is 5.64. The van der Waals surface area contributed by atoms with Gasteiger partial charge in [0.2, 0.25) is 0 Å². The monoisotopic (exact) mass is 440 g/mol. The van der Waals surface area contributed by atoms with Crippen molar-refractivity contribution in [2.75, 3.05) is 71.4 Å².